The number of hydrogen-bond acceptors (Lipinski definition) is 2. The number of carbonyl (C=O) groups is 1. The van der Waals surface area contributed by atoms with Gasteiger partial charge < -0.3 is 0 Å². The SMILES string of the molecule is [CH]=CC(=O)SC(C)(C)C. The van der Waals surface area contributed by atoms with Crippen LogP contribution in [0, 0.1) is 6.58 Å². The molecule has 0 rings (SSSR count). The molecule has 0 N–H and O–H groups in total. The highest BCUT2D eigenvalue weighted by Gasteiger charge is 2.13. The molecule has 51 valence electrons. The van der Waals surface area contributed by atoms with E-state index in [-0.39, 0.29) is 9.86 Å². The lowest BCUT2D eigenvalue weighted by Gasteiger charge is -2.13. The molecule has 2 heteroatoms. The molecule has 0 unspecified atom stereocenters. The molecule has 0 heterocycles. The summed E-state index contributed by atoms with van der Waals surface area (Å²) < 4.78 is -0.0209. The second-order valence-corrected chi connectivity index (χ2v) is 4.53. The molecule has 0 saturated carbocycles. The summed E-state index contributed by atoms with van der Waals surface area (Å²) >= 11 is 1.24. The van der Waals surface area contributed by atoms with Crippen LogP contribution in [0.2, 0.25) is 0 Å². The fourth-order valence-corrected chi connectivity index (χ4v) is 1.01. The van der Waals surface area contributed by atoms with Crippen molar-refractivity contribution in [2.24, 2.45) is 0 Å². The van der Waals surface area contributed by atoms with Crippen molar-refractivity contribution in [3.05, 3.63) is 12.7 Å². The van der Waals surface area contributed by atoms with Crippen molar-refractivity contribution in [2.45, 2.75) is 25.5 Å². The van der Waals surface area contributed by atoms with Crippen LogP contribution in [0.5, 0.6) is 0 Å². The third kappa shape index (κ3) is 5.63. The van der Waals surface area contributed by atoms with E-state index < -0.39 is 0 Å². The van der Waals surface area contributed by atoms with E-state index >= 15 is 0 Å². The Labute approximate surface area is 60.5 Å². The fraction of sp³-hybridized carbons (Fsp3) is 0.571. The number of thioether (sulfide) groups is 1. The molecule has 0 amide bonds. The van der Waals surface area contributed by atoms with Gasteiger partial charge in [0.25, 0.3) is 0 Å². The maximum absolute atomic E-state index is 10.6. The molecule has 0 aromatic carbocycles. The number of hydrogen-bond donors (Lipinski definition) is 0. The molecule has 1 nitrogen and oxygen atoms in total. The van der Waals surface area contributed by atoms with E-state index in [1.54, 1.807) is 0 Å². The molecule has 0 aliphatic rings. The molecule has 0 aliphatic carbocycles. The Morgan fingerprint density at radius 2 is 2.00 bits per heavy atom. The summed E-state index contributed by atoms with van der Waals surface area (Å²) in [5.74, 6) is 0. The van der Waals surface area contributed by atoms with E-state index in [9.17, 15) is 4.79 Å². The van der Waals surface area contributed by atoms with Crippen molar-refractivity contribution in [3.8, 4) is 0 Å². The molecule has 0 bridgehead atoms. The standard InChI is InChI=1S/C7H11OS/c1-5-6(8)9-7(2,3)4/h1,5H,2-4H3. The third-order valence-electron chi connectivity index (χ3n) is 0.543. The second kappa shape index (κ2) is 3.06. The molecule has 0 aliphatic heterocycles. The van der Waals surface area contributed by atoms with Gasteiger partial charge in [-0.15, -0.1) is 0 Å². The van der Waals surface area contributed by atoms with Crippen LogP contribution in [0.25, 0.3) is 0 Å². The summed E-state index contributed by atoms with van der Waals surface area (Å²) in [4.78, 5) is 10.6. The highest BCUT2D eigenvalue weighted by atomic mass is 32.2. The van der Waals surface area contributed by atoms with Crippen LogP contribution < -0.4 is 0 Å². The maximum atomic E-state index is 10.6. The Hall–Kier alpha value is -0.240. The van der Waals surface area contributed by atoms with Gasteiger partial charge in [-0.3, -0.25) is 4.79 Å². The Bertz CT molecular complexity index is 121. The summed E-state index contributed by atoms with van der Waals surface area (Å²) in [6, 6.07) is 0. The smallest absolute Gasteiger partial charge is 0.212 e. The zero-order valence-corrected chi connectivity index (χ0v) is 6.79. The van der Waals surface area contributed by atoms with Crippen LogP contribution in [0.15, 0.2) is 6.08 Å². The molecule has 0 atom stereocenters. The second-order valence-electron chi connectivity index (χ2n) is 2.70. The lowest BCUT2D eigenvalue weighted by Crippen LogP contribution is -2.10. The van der Waals surface area contributed by atoms with Gasteiger partial charge in [-0.2, -0.15) is 0 Å². The van der Waals surface area contributed by atoms with Crippen LogP contribution in [0.1, 0.15) is 20.8 Å². The summed E-state index contributed by atoms with van der Waals surface area (Å²) in [6.07, 6.45) is 1.09. The van der Waals surface area contributed by atoms with Gasteiger partial charge in [0.2, 0.25) is 5.12 Å². The Balaban J connectivity index is 3.74. The molecule has 0 fully saturated rings. The Morgan fingerprint density at radius 3 is 2.11 bits per heavy atom. The van der Waals surface area contributed by atoms with E-state index in [1.165, 1.54) is 11.8 Å². The van der Waals surface area contributed by atoms with E-state index in [0.717, 1.165) is 6.08 Å². The monoisotopic (exact) mass is 143 g/mol. The minimum atomic E-state index is -0.0671. The topological polar surface area (TPSA) is 17.1 Å². The summed E-state index contributed by atoms with van der Waals surface area (Å²) in [6.45, 7) is 10.9. The van der Waals surface area contributed by atoms with Gasteiger partial charge in [0.1, 0.15) is 0 Å². The summed E-state index contributed by atoms with van der Waals surface area (Å²) in [5.41, 5.74) is 0. The average Bonchev–Trinajstić information content (AvgIpc) is 1.62. The Kier molecular flexibility index (Phi) is 2.98. The predicted molar refractivity (Wildman–Crippen MR) is 41.2 cm³/mol. The Morgan fingerprint density at radius 1 is 1.56 bits per heavy atom. The van der Waals surface area contributed by atoms with Crippen LogP contribution in [0.4, 0.5) is 0 Å². The van der Waals surface area contributed by atoms with Crippen molar-refractivity contribution in [2.75, 3.05) is 0 Å². The van der Waals surface area contributed by atoms with Crippen LogP contribution in [-0.4, -0.2) is 9.86 Å². The van der Waals surface area contributed by atoms with E-state index in [1.807, 2.05) is 20.8 Å². The van der Waals surface area contributed by atoms with Crippen molar-refractivity contribution in [1.29, 1.82) is 0 Å². The first-order valence-electron chi connectivity index (χ1n) is 2.73. The summed E-state index contributed by atoms with van der Waals surface area (Å²) in [7, 11) is 0. The van der Waals surface area contributed by atoms with Gasteiger partial charge in [-0.25, -0.2) is 0 Å². The lowest BCUT2D eigenvalue weighted by molar-refractivity contribution is -0.107. The van der Waals surface area contributed by atoms with Gasteiger partial charge in [-0.05, 0) is 6.08 Å². The normalized spacial score (nSPS) is 11.0. The van der Waals surface area contributed by atoms with Gasteiger partial charge in [0.05, 0.1) is 0 Å². The molecule has 9 heavy (non-hydrogen) atoms. The number of carbonyl (C=O) groups excluding carboxylic acids is 1. The lowest BCUT2D eigenvalue weighted by atomic mass is 10.3. The molecule has 1 radical (unpaired) electrons. The fourth-order valence-electron chi connectivity index (χ4n) is 0.336. The van der Waals surface area contributed by atoms with Crippen LogP contribution in [-0.2, 0) is 4.79 Å². The van der Waals surface area contributed by atoms with Gasteiger partial charge in [0, 0.05) is 4.75 Å². The molecule has 0 saturated heterocycles. The molecule has 0 spiro atoms. The highest BCUT2D eigenvalue weighted by molar-refractivity contribution is 8.15. The number of rotatable bonds is 1. The average molecular weight is 143 g/mol. The quantitative estimate of drug-likeness (QED) is 0.522. The zero-order chi connectivity index (χ0) is 7.49. The molecule has 0 aromatic rings. The molecular formula is C7H11OS. The first-order valence-corrected chi connectivity index (χ1v) is 3.55. The van der Waals surface area contributed by atoms with E-state index in [0.29, 0.717) is 0 Å². The van der Waals surface area contributed by atoms with Crippen molar-refractivity contribution < 1.29 is 4.79 Å². The highest BCUT2D eigenvalue weighted by Crippen LogP contribution is 2.23. The zero-order valence-electron chi connectivity index (χ0n) is 5.97. The van der Waals surface area contributed by atoms with Gasteiger partial charge >= 0.3 is 0 Å². The van der Waals surface area contributed by atoms with Gasteiger partial charge in [0.15, 0.2) is 0 Å². The van der Waals surface area contributed by atoms with Crippen molar-refractivity contribution >= 4 is 16.9 Å². The van der Waals surface area contributed by atoms with E-state index in [2.05, 4.69) is 0 Å². The third-order valence-corrected chi connectivity index (χ3v) is 1.49. The van der Waals surface area contributed by atoms with E-state index in [4.69, 9.17) is 6.58 Å². The minimum Gasteiger partial charge on any atom is -0.282 e. The molecule has 0 aromatic heterocycles. The first kappa shape index (κ1) is 8.76. The first-order chi connectivity index (χ1) is 3.95. The molecular weight excluding hydrogens is 132 g/mol. The van der Waals surface area contributed by atoms with Gasteiger partial charge in [-0.1, -0.05) is 39.1 Å². The largest absolute Gasteiger partial charge is 0.282 e. The predicted octanol–water partition coefficient (Wildman–Crippen LogP) is 2.03. The van der Waals surface area contributed by atoms with Crippen LogP contribution in [0.3, 0.4) is 0 Å². The minimum absolute atomic E-state index is 0.0209. The van der Waals surface area contributed by atoms with Crippen molar-refractivity contribution in [3.63, 3.8) is 0 Å². The summed E-state index contributed by atoms with van der Waals surface area (Å²) in [5, 5.41) is -0.0671. The van der Waals surface area contributed by atoms with Crippen molar-refractivity contribution in [1.82, 2.24) is 0 Å². The maximum Gasteiger partial charge on any atom is 0.212 e. The van der Waals surface area contributed by atoms with Crippen LogP contribution >= 0.6 is 11.8 Å².